The molecule has 0 N–H and O–H groups in total. The van der Waals surface area contributed by atoms with Gasteiger partial charge in [0.25, 0.3) is 0 Å². The second-order valence-electron chi connectivity index (χ2n) is 7.54. The number of benzene rings is 3. The van der Waals surface area contributed by atoms with Gasteiger partial charge in [-0.05, 0) is 41.7 Å². The zero-order chi connectivity index (χ0) is 19.1. The molecule has 0 spiro atoms. The molecule has 0 aromatic heterocycles. The first-order valence-corrected chi connectivity index (χ1v) is 10.3. The lowest BCUT2D eigenvalue weighted by atomic mass is 9.91. The summed E-state index contributed by atoms with van der Waals surface area (Å²) in [6, 6.07) is 27.2. The second-order valence-corrected chi connectivity index (χ2v) is 8.38. The Morgan fingerprint density at radius 2 is 1.46 bits per heavy atom. The number of hydrogen-bond donors (Lipinski definition) is 0. The van der Waals surface area contributed by atoms with Gasteiger partial charge in [-0.15, -0.1) is 0 Å². The van der Waals surface area contributed by atoms with E-state index in [1.807, 2.05) is 24.5 Å². The minimum Gasteiger partial charge on any atom is -0.344 e. The van der Waals surface area contributed by atoms with Crippen LogP contribution in [0.1, 0.15) is 41.6 Å². The molecule has 1 heterocycles. The molecule has 3 aromatic carbocycles. The van der Waals surface area contributed by atoms with Gasteiger partial charge in [-0.25, -0.2) is 0 Å². The lowest BCUT2D eigenvalue weighted by Crippen LogP contribution is -2.36. The van der Waals surface area contributed by atoms with Crippen molar-refractivity contribution in [2.45, 2.75) is 30.5 Å². The standard InChI is InChI=1S/C24H20Cl2N2/c25-19-11-12-20(21(26)15-19)24(13-14-24)28-16-27-22(17-7-3-1-4-8-17)23(28)18-9-5-2-6-10-18/h1-12,15-16,22-23H,13-14H2. The highest BCUT2D eigenvalue weighted by Gasteiger charge is 2.55. The summed E-state index contributed by atoms with van der Waals surface area (Å²) in [6.45, 7) is 0. The highest BCUT2D eigenvalue weighted by atomic mass is 35.5. The summed E-state index contributed by atoms with van der Waals surface area (Å²) in [4.78, 5) is 7.38. The van der Waals surface area contributed by atoms with Gasteiger partial charge in [0.2, 0.25) is 0 Å². The Kier molecular flexibility index (Phi) is 4.41. The molecule has 1 fully saturated rings. The molecule has 0 radical (unpaired) electrons. The topological polar surface area (TPSA) is 15.6 Å². The molecule has 1 saturated carbocycles. The van der Waals surface area contributed by atoms with Gasteiger partial charge in [-0.2, -0.15) is 0 Å². The normalized spacial score (nSPS) is 22.4. The fourth-order valence-electron chi connectivity index (χ4n) is 4.39. The Balaban J connectivity index is 1.60. The van der Waals surface area contributed by atoms with Crippen LogP contribution in [0.4, 0.5) is 0 Å². The van der Waals surface area contributed by atoms with E-state index in [1.54, 1.807) is 0 Å². The zero-order valence-corrected chi connectivity index (χ0v) is 16.8. The van der Waals surface area contributed by atoms with E-state index in [4.69, 9.17) is 28.2 Å². The van der Waals surface area contributed by atoms with Crippen molar-refractivity contribution < 1.29 is 0 Å². The molecule has 2 unspecified atom stereocenters. The maximum atomic E-state index is 6.62. The fourth-order valence-corrected chi connectivity index (χ4v) is 4.97. The molecule has 1 aliphatic heterocycles. The lowest BCUT2D eigenvalue weighted by Gasteiger charge is -2.36. The van der Waals surface area contributed by atoms with Gasteiger partial charge in [-0.1, -0.05) is 89.9 Å². The third-order valence-electron chi connectivity index (χ3n) is 5.88. The Morgan fingerprint density at radius 1 is 0.821 bits per heavy atom. The van der Waals surface area contributed by atoms with Crippen LogP contribution in [0.25, 0.3) is 0 Å². The van der Waals surface area contributed by atoms with Crippen LogP contribution >= 0.6 is 23.2 Å². The fraction of sp³-hybridized carbons (Fsp3) is 0.208. The molecule has 28 heavy (non-hydrogen) atoms. The van der Waals surface area contributed by atoms with Crippen molar-refractivity contribution in [2.75, 3.05) is 0 Å². The Bertz CT molecular complexity index is 1010. The second kappa shape index (κ2) is 6.95. The third-order valence-corrected chi connectivity index (χ3v) is 6.43. The average Bonchev–Trinajstić information content (AvgIpc) is 3.39. The molecule has 0 bridgehead atoms. The number of aliphatic imine (C=N–C) groups is 1. The van der Waals surface area contributed by atoms with E-state index < -0.39 is 0 Å². The molecular weight excluding hydrogens is 387 g/mol. The SMILES string of the molecule is Clc1ccc(C2(N3C=NC(c4ccccc4)C3c3ccccc3)CC2)c(Cl)c1. The summed E-state index contributed by atoms with van der Waals surface area (Å²) in [5.74, 6) is 0. The van der Waals surface area contributed by atoms with Crippen molar-refractivity contribution >= 4 is 29.5 Å². The highest BCUT2D eigenvalue weighted by molar-refractivity contribution is 6.35. The van der Waals surface area contributed by atoms with Crippen LogP contribution in [-0.4, -0.2) is 11.2 Å². The van der Waals surface area contributed by atoms with Crippen LogP contribution < -0.4 is 0 Å². The zero-order valence-electron chi connectivity index (χ0n) is 15.3. The molecule has 0 saturated heterocycles. The van der Waals surface area contributed by atoms with Gasteiger partial charge < -0.3 is 4.90 Å². The predicted octanol–water partition coefficient (Wildman–Crippen LogP) is 6.81. The smallest absolute Gasteiger partial charge is 0.101 e. The Labute approximate surface area is 175 Å². The summed E-state index contributed by atoms with van der Waals surface area (Å²) in [7, 11) is 0. The minimum absolute atomic E-state index is 0.0622. The molecule has 5 rings (SSSR count). The van der Waals surface area contributed by atoms with Crippen LogP contribution in [0.15, 0.2) is 83.9 Å². The first-order chi connectivity index (χ1) is 13.7. The molecule has 3 aromatic rings. The number of rotatable bonds is 4. The van der Waals surface area contributed by atoms with Gasteiger partial charge in [0, 0.05) is 10.0 Å². The molecule has 2 aliphatic rings. The maximum absolute atomic E-state index is 6.62. The first kappa shape index (κ1) is 17.8. The number of halogens is 2. The van der Waals surface area contributed by atoms with E-state index in [1.165, 1.54) is 11.1 Å². The van der Waals surface area contributed by atoms with E-state index in [0.717, 1.165) is 23.4 Å². The van der Waals surface area contributed by atoms with Crippen LogP contribution in [0.5, 0.6) is 0 Å². The van der Waals surface area contributed by atoms with Gasteiger partial charge >= 0.3 is 0 Å². The average molecular weight is 407 g/mol. The van der Waals surface area contributed by atoms with E-state index in [2.05, 4.69) is 65.6 Å². The highest BCUT2D eigenvalue weighted by Crippen LogP contribution is 2.58. The molecule has 140 valence electrons. The quantitative estimate of drug-likeness (QED) is 0.464. The summed E-state index contributed by atoms with van der Waals surface area (Å²) >= 11 is 12.8. The van der Waals surface area contributed by atoms with Crippen LogP contribution in [-0.2, 0) is 5.54 Å². The molecule has 2 nitrogen and oxygen atoms in total. The van der Waals surface area contributed by atoms with Gasteiger partial charge in [0.05, 0.1) is 17.9 Å². The van der Waals surface area contributed by atoms with Crippen molar-refractivity contribution in [3.8, 4) is 0 Å². The summed E-state index contributed by atoms with van der Waals surface area (Å²) in [5, 5.41) is 1.40. The van der Waals surface area contributed by atoms with Gasteiger partial charge in [0.1, 0.15) is 6.04 Å². The lowest BCUT2D eigenvalue weighted by molar-refractivity contribution is 0.224. The summed E-state index contributed by atoms with van der Waals surface area (Å²) in [5.41, 5.74) is 3.52. The van der Waals surface area contributed by atoms with Gasteiger partial charge in [-0.3, -0.25) is 4.99 Å². The Morgan fingerprint density at radius 3 is 2.07 bits per heavy atom. The van der Waals surface area contributed by atoms with Crippen LogP contribution in [0.3, 0.4) is 0 Å². The predicted molar refractivity (Wildman–Crippen MR) is 116 cm³/mol. The van der Waals surface area contributed by atoms with Crippen molar-refractivity contribution in [1.82, 2.24) is 4.90 Å². The third kappa shape index (κ3) is 2.92. The van der Waals surface area contributed by atoms with Crippen molar-refractivity contribution in [3.05, 3.63) is 106 Å². The molecule has 2 atom stereocenters. The largest absolute Gasteiger partial charge is 0.344 e. The van der Waals surface area contributed by atoms with Crippen molar-refractivity contribution in [3.63, 3.8) is 0 Å². The van der Waals surface area contributed by atoms with E-state index >= 15 is 0 Å². The molecule has 4 heteroatoms. The minimum atomic E-state index is -0.116. The molecular formula is C24H20Cl2N2. The number of hydrogen-bond acceptors (Lipinski definition) is 2. The number of nitrogens with zero attached hydrogens (tertiary/aromatic N) is 2. The van der Waals surface area contributed by atoms with E-state index in [0.29, 0.717) is 5.02 Å². The van der Waals surface area contributed by atoms with E-state index in [-0.39, 0.29) is 17.6 Å². The van der Waals surface area contributed by atoms with Crippen molar-refractivity contribution in [1.29, 1.82) is 0 Å². The van der Waals surface area contributed by atoms with Gasteiger partial charge in [0.15, 0.2) is 0 Å². The van der Waals surface area contributed by atoms with Crippen LogP contribution in [0, 0.1) is 0 Å². The molecule has 1 aliphatic carbocycles. The van der Waals surface area contributed by atoms with Crippen LogP contribution in [0.2, 0.25) is 10.0 Å². The first-order valence-electron chi connectivity index (χ1n) is 9.56. The van der Waals surface area contributed by atoms with E-state index in [9.17, 15) is 0 Å². The monoisotopic (exact) mass is 406 g/mol. The molecule has 0 amide bonds. The summed E-state index contributed by atoms with van der Waals surface area (Å²) < 4.78 is 0. The summed E-state index contributed by atoms with van der Waals surface area (Å²) in [6.07, 6.45) is 4.16. The Hall–Kier alpha value is -2.29. The van der Waals surface area contributed by atoms with Crippen molar-refractivity contribution in [2.24, 2.45) is 4.99 Å². The maximum Gasteiger partial charge on any atom is 0.101 e.